The molecule has 0 atom stereocenters. The number of hydrogen-bond donors (Lipinski definition) is 2. The van der Waals surface area contributed by atoms with Crippen LogP contribution in [0.4, 0.5) is 0 Å². The SMILES string of the molecule is Oc1cc(Br)c(O)c(Br)c1Oc1ccc(Br)cc1Br. The Bertz CT molecular complexity index is 643. The van der Waals surface area contributed by atoms with E-state index in [-0.39, 0.29) is 21.7 Å². The highest BCUT2D eigenvalue weighted by molar-refractivity contribution is 9.11. The number of rotatable bonds is 2. The van der Waals surface area contributed by atoms with E-state index in [1.165, 1.54) is 6.07 Å². The van der Waals surface area contributed by atoms with Gasteiger partial charge in [-0.2, -0.15) is 0 Å². The predicted molar refractivity (Wildman–Crippen MR) is 87.1 cm³/mol. The van der Waals surface area contributed by atoms with Crippen LogP contribution in [-0.2, 0) is 0 Å². The van der Waals surface area contributed by atoms with E-state index in [1.807, 2.05) is 12.1 Å². The minimum absolute atomic E-state index is 0.0407. The molecule has 100 valence electrons. The average Bonchev–Trinajstić information content (AvgIpc) is 2.34. The highest BCUT2D eigenvalue weighted by Gasteiger charge is 2.17. The van der Waals surface area contributed by atoms with Gasteiger partial charge in [-0.05, 0) is 66.0 Å². The molecule has 0 saturated carbocycles. The molecule has 0 spiro atoms. The van der Waals surface area contributed by atoms with Crippen molar-refractivity contribution in [3.8, 4) is 23.0 Å². The van der Waals surface area contributed by atoms with Gasteiger partial charge in [0.1, 0.15) is 16.0 Å². The number of phenols is 2. The standard InChI is InChI=1S/C12H6Br4O3/c13-5-1-2-9(6(14)3-5)19-12-8(17)4-7(15)11(18)10(12)16/h1-4,17-18H. The minimum Gasteiger partial charge on any atom is -0.505 e. The lowest BCUT2D eigenvalue weighted by Gasteiger charge is -2.13. The van der Waals surface area contributed by atoms with Gasteiger partial charge in [-0.15, -0.1) is 0 Å². The van der Waals surface area contributed by atoms with Crippen molar-refractivity contribution in [1.29, 1.82) is 0 Å². The van der Waals surface area contributed by atoms with E-state index < -0.39 is 0 Å². The summed E-state index contributed by atoms with van der Waals surface area (Å²) in [5, 5.41) is 19.7. The Balaban J connectivity index is 2.47. The highest BCUT2D eigenvalue weighted by Crippen LogP contribution is 2.47. The first-order chi connectivity index (χ1) is 8.90. The molecule has 0 heterocycles. The molecule has 3 nitrogen and oxygen atoms in total. The largest absolute Gasteiger partial charge is 0.505 e. The summed E-state index contributed by atoms with van der Waals surface area (Å²) in [5.74, 6) is 0.525. The van der Waals surface area contributed by atoms with Crippen LogP contribution in [-0.4, -0.2) is 10.2 Å². The van der Waals surface area contributed by atoms with Crippen LogP contribution in [0.3, 0.4) is 0 Å². The van der Waals surface area contributed by atoms with Crippen molar-refractivity contribution in [2.24, 2.45) is 0 Å². The van der Waals surface area contributed by atoms with Crippen LogP contribution >= 0.6 is 63.7 Å². The van der Waals surface area contributed by atoms with E-state index in [1.54, 1.807) is 6.07 Å². The van der Waals surface area contributed by atoms with Crippen LogP contribution in [0.15, 0.2) is 42.2 Å². The van der Waals surface area contributed by atoms with Crippen LogP contribution in [0.5, 0.6) is 23.0 Å². The Labute approximate surface area is 143 Å². The summed E-state index contributed by atoms with van der Waals surface area (Å²) < 4.78 is 7.88. The zero-order chi connectivity index (χ0) is 14.2. The molecule has 0 aromatic heterocycles. The van der Waals surface area contributed by atoms with Gasteiger partial charge in [-0.25, -0.2) is 0 Å². The van der Waals surface area contributed by atoms with Crippen molar-refractivity contribution in [2.45, 2.75) is 0 Å². The molecule has 0 aliphatic heterocycles. The highest BCUT2D eigenvalue weighted by atomic mass is 79.9. The molecular formula is C12H6Br4O3. The van der Waals surface area contributed by atoms with Gasteiger partial charge in [0, 0.05) is 10.5 Å². The minimum atomic E-state index is -0.0913. The van der Waals surface area contributed by atoms with E-state index in [4.69, 9.17) is 4.74 Å². The van der Waals surface area contributed by atoms with Crippen molar-refractivity contribution in [3.05, 3.63) is 42.2 Å². The van der Waals surface area contributed by atoms with Crippen molar-refractivity contribution in [3.63, 3.8) is 0 Å². The molecule has 0 aliphatic carbocycles. The van der Waals surface area contributed by atoms with Gasteiger partial charge in [0.05, 0.1) is 8.95 Å². The summed E-state index contributed by atoms with van der Waals surface area (Å²) in [6, 6.07) is 6.73. The lowest BCUT2D eigenvalue weighted by Crippen LogP contribution is -1.89. The molecule has 2 aromatic rings. The predicted octanol–water partition coefficient (Wildman–Crippen LogP) is 5.94. The van der Waals surface area contributed by atoms with Crippen LogP contribution < -0.4 is 4.74 Å². The fraction of sp³-hybridized carbons (Fsp3) is 0. The van der Waals surface area contributed by atoms with Crippen molar-refractivity contribution >= 4 is 63.7 Å². The molecule has 0 amide bonds. The molecule has 0 radical (unpaired) electrons. The average molecular weight is 518 g/mol. The summed E-state index contributed by atoms with van der Waals surface area (Å²) >= 11 is 13.0. The van der Waals surface area contributed by atoms with E-state index in [0.29, 0.717) is 10.2 Å². The van der Waals surface area contributed by atoms with Crippen LogP contribution in [0.25, 0.3) is 0 Å². The van der Waals surface area contributed by atoms with Gasteiger partial charge in [0.25, 0.3) is 0 Å². The lowest BCUT2D eigenvalue weighted by atomic mass is 10.3. The Morgan fingerprint density at radius 2 is 1.58 bits per heavy atom. The molecule has 0 bridgehead atoms. The maximum Gasteiger partial charge on any atom is 0.187 e. The number of hydrogen-bond acceptors (Lipinski definition) is 3. The molecule has 2 N–H and O–H groups in total. The van der Waals surface area contributed by atoms with E-state index in [2.05, 4.69) is 63.7 Å². The van der Waals surface area contributed by atoms with E-state index in [0.717, 1.165) is 8.95 Å². The summed E-state index contributed by atoms with van der Waals surface area (Å²) in [6.45, 7) is 0. The number of aromatic hydroxyl groups is 2. The third kappa shape index (κ3) is 3.26. The molecule has 0 unspecified atom stereocenters. The number of halogens is 4. The maximum atomic E-state index is 9.88. The Morgan fingerprint density at radius 1 is 0.895 bits per heavy atom. The summed E-state index contributed by atoms with van der Waals surface area (Å²) in [4.78, 5) is 0. The fourth-order valence-electron chi connectivity index (χ4n) is 1.34. The molecular weight excluding hydrogens is 512 g/mol. The maximum absolute atomic E-state index is 9.88. The Hall–Kier alpha value is -0.240. The zero-order valence-corrected chi connectivity index (χ0v) is 15.5. The molecule has 7 heteroatoms. The molecule has 0 aliphatic rings. The summed E-state index contributed by atoms with van der Waals surface area (Å²) in [5.41, 5.74) is 0. The molecule has 0 saturated heterocycles. The summed E-state index contributed by atoms with van der Waals surface area (Å²) in [6.07, 6.45) is 0. The number of benzene rings is 2. The third-order valence-corrected chi connectivity index (χ3v) is 4.69. The van der Waals surface area contributed by atoms with Crippen molar-refractivity contribution in [1.82, 2.24) is 0 Å². The molecule has 2 aromatic carbocycles. The molecule has 19 heavy (non-hydrogen) atoms. The van der Waals surface area contributed by atoms with Crippen LogP contribution in [0.2, 0.25) is 0 Å². The summed E-state index contributed by atoms with van der Waals surface area (Å²) in [7, 11) is 0. The normalized spacial score (nSPS) is 10.5. The monoisotopic (exact) mass is 514 g/mol. The van der Waals surface area contributed by atoms with Gasteiger partial charge >= 0.3 is 0 Å². The van der Waals surface area contributed by atoms with Gasteiger partial charge in [-0.3, -0.25) is 0 Å². The quantitative estimate of drug-likeness (QED) is 0.485. The van der Waals surface area contributed by atoms with E-state index >= 15 is 0 Å². The molecule has 0 fully saturated rings. The number of ether oxygens (including phenoxy) is 1. The van der Waals surface area contributed by atoms with E-state index in [9.17, 15) is 10.2 Å². The van der Waals surface area contributed by atoms with Gasteiger partial charge in [0.2, 0.25) is 0 Å². The second-order valence-corrected chi connectivity index (χ2v) is 6.96. The van der Waals surface area contributed by atoms with Crippen molar-refractivity contribution in [2.75, 3.05) is 0 Å². The van der Waals surface area contributed by atoms with Crippen LogP contribution in [0.1, 0.15) is 0 Å². The van der Waals surface area contributed by atoms with Gasteiger partial charge < -0.3 is 14.9 Å². The lowest BCUT2D eigenvalue weighted by molar-refractivity contribution is 0.398. The number of phenolic OH excluding ortho intramolecular Hbond substituents is 2. The Morgan fingerprint density at radius 3 is 2.21 bits per heavy atom. The first-order valence-corrected chi connectivity index (χ1v) is 8.10. The topological polar surface area (TPSA) is 49.7 Å². The first kappa shape index (κ1) is 15.2. The Kier molecular flexibility index (Phi) is 4.81. The first-order valence-electron chi connectivity index (χ1n) is 4.93. The van der Waals surface area contributed by atoms with Crippen molar-refractivity contribution < 1.29 is 14.9 Å². The molecule has 2 rings (SSSR count). The van der Waals surface area contributed by atoms with Crippen LogP contribution in [0, 0.1) is 0 Å². The second-order valence-electron chi connectivity index (χ2n) is 3.55. The van der Waals surface area contributed by atoms with Gasteiger partial charge in [-0.1, -0.05) is 15.9 Å². The smallest absolute Gasteiger partial charge is 0.187 e. The third-order valence-electron chi connectivity index (χ3n) is 2.24. The second kappa shape index (κ2) is 6.03. The zero-order valence-electron chi connectivity index (χ0n) is 9.12. The fourth-order valence-corrected chi connectivity index (χ4v) is 3.65. The van der Waals surface area contributed by atoms with Gasteiger partial charge in [0.15, 0.2) is 11.5 Å².